The molecule has 0 N–H and O–H groups in total. The molecule has 0 aromatic heterocycles. The highest BCUT2D eigenvalue weighted by atomic mass is 16.5. The number of carbonyl (C=O) groups excluding carboxylic acids is 2. The van der Waals surface area contributed by atoms with E-state index in [9.17, 15) is 9.59 Å². The molecule has 0 bridgehead atoms. The molecule has 19 heavy (non-hydrogen) atoms. The second kappa shape index (κ2) is 4.37. The maximum atomic E-state index is 12.2. The Hall–Kier alpha value is -1.84. The van der Waals surface area contributed by atoms with E-state index in [4.69, 9.17) is 4.74 Å². The van der Waals surface area contributed by atoms with Crippen LogP contribution in [-0.4, -0.2) is 35.3 Å². The maximum Gasteiger partial charge on any atom is 0.219 e. The van der Waals surface area contributed by atoms with Gasteiger partial charge in [-0.2, -0.15) is 0 Å². The lowest BCUT2D eigenvalue weighted by Gasteiger charge is -2.43. The molecule has 0 radical (unpaired) electrons. The van der Waals surface area contributed by atoms with Gasteiger partial charge in [-0.3, -0.25) is 9.59 Å². The van der Waals surface area contributed by atoms with E-state index in [2.05, 4.69) is 0 Å². The SMILES string of the molecule is CC(=O)N1CCC2(CC1)CC(=O)c1ccccc1O2. The minimum Gasteiger partial charge on any atom is -0.486 e. The number of likely N-dealkylation sites (tertiary alicyclic amines) is 1. The van der Waals surface area contributed by atoms with Crippen molar-refractivity contribution >= 4 is 11.7 Å². The lowest BCUT2D eigenvalue weighted by Crippen LogP contribution is -2.51. The summed E-state index contributed by atoms with van der Waals surface area (Å²) in [5, 5.41) is 0. The van der Waals surface area contributed by atoms with Gasteiger partial charge in [0, 0.05) is 32.9 Å². The van der Waals surface area contributed by atoms with Crippen molar-refractivity contribution in [2.75, 3.05) is 13.1 Å². The molecule has 2 aliphatic heterocycles. The van der Waals surface area contributed by atoms with Crippen LogP contribution < -0.4 is 4.74 Å². The smallest absolute Gasteiger partial charge is 0.219 e. The number of Topliss-reactive ketones (excluding diaryl/α,β-unsaturated/α-hetero) is 1. The highest BCUT2D eigenvalue weighted by Gasteiger charge is 2.43. The summed E-state index contributed by atoms with van der Waals surface area (Å²) in [5.74, 6) is 0.936. The standard InChI is InChI=1S/C15H17NO3/c1-11(17)16-8-6-15(7-9-16)10-13(18)12-4-2-3-5-14(12)19-15/h2-5H,6-10H2,1H3. The summed E-state index contributed by atoms with van der Waals surface area (Å²) < 4.78 is 6.10. The van der Waals surface area contributed by atoms with E-state index in [1.807, 2.05) is 29.2 Å². The molecule has 2 heterocycles. The Balaban J connectivity index is 1.82. The van der Waals surface area contributed by atoms with Crippen LogP contribution in [0.2, 0.25) is 0 Å². The molecule has 1 fully saturated rings. The molecule has 1 spiro atoms. The van der Waals surface area contributed by atoms with Crippen LogP contribution in [0.5, 0.6) is 5.75 Å². The third-order valence-corrected chi connectivity index (χ3v) is 4.12. The summed E-state index contributed by atoms with van der Waals surface area (Å²) >= 11 is 0. The third-order valence-electron chi connectivity index (χ3n) is 4.12. The van der Waals surface area contributed by atoms with Gasteiger partial charge in [-0.15, -0.1) is 0 Å². The Labute approximate surface area is 112 Å². The lowest BCUT2D eigenvalue weighted by atomic mass is 9.82. The zero-order chi connectivity index (χ0) is 13.5. The first-order chi connectivity index (χ1) is 9.10. The average Bonchev–Trinajstić information content (AvgIpc) is 2.39. The van der Waals surface area contributed by atoms with Gasteiger partial charge in [-0.25, -0.2) is 0 Å². The van der Waals surface area contributed by atoms with Gasteiger partial charge in [0.1, 0.15) is 11.4 Å². The molecule has 4 nitrogen and oxygen atoms in total. The van der Waals surface area contributed by atoms with E-state index in [0.29, 0.717) is 30.8 Å². The normalized spacial score (nSPS) is 20.9. The van der Waals surface area contributed by atoms with E-state index in [0.717, 1.165) is 12.8 Å². The molecule has 0 unspecified atom stereocenters. The topological polar surface area (TPSA) is 46.6 Å². The van der Waals surface area contributed by atoms with Crippen LogP contribution in [-0.2, 0) is 4.79 Å². The molecule has 100 valence electrons. The highest BCUT2D eigenvalue weighted by Crippen LogP contribution is 2.39. The predicted octanol–water partition coefficient (Wildman–Crippen LogP) is 2.03. The molecule has 2 aliphatic rings. The Kier molecular flexibility index (Phi) is 2.81. The van der Waals surface area contributed by atoms with Crippen molar-refractivity contribution in [1.82, 2.24) is 4.90 Å². The van der Waals surface area contributed by atoms with Crippen molar-refractivity contribution < 1.29 is 14.3 Å². The summed E-state index contributed by atoms with van der Waals surface area (Å²) in [6.45, 7) is 2.93. The van der Waals surface area contributed by atoms with Crippen molar-refractivity contribution in [3.8, 4) is 5.75 Å². The fourth-order valence-electron chi connectivity index (χ4n) is 2.95. The fraction of sp³-hybridized carbons (Fsp3) is 0.467. The van der Waals surface area contributed by atoms with E-state index in [-0.39, 0.29) is 11.7 Å². The van der Waals surface area contributed by atoms with Gasteiger partial charge >= 0.3 is 0 Å². The quantitative estimate of drug-likeness (QED) is 0.716. The Morgan fingerprint density at radius 3 is 2.63 bits per heavy atom. The van der Waals surface area contributed by atoms with Crippen LogP contribution in [0, 0.1) is 0 Å². The molecule has 1 amide bonds. The van der Waals surface area contributed by atoms with Crippen LogP contribution >= 0.6 is 0 Å². The number of nitrogens with zero attached hydrogens (tertiary/aromatic N) is 1. The van der Waals surface area contributed by atoms with Crippen LogP contribution in [0.25, 0.3) is 0 Å². The van der Waals surface area contributed by atoms with Gasteiger partial charge < -0.3 is 9.64 Å². The van der Waals surface area contributed by atoms with Crippen molar-refractivity contribution in [1.29, 1.82) is 0 Å². The number of hydrogen-bond acceptors (Lipinski definition) is 3. The van der Waals surface area contributed by atoms with Crippen molar-refractivity contribution in [3.05, 3.63) is 29.8 Å². The van der Waals surface area contributed by atoms with Gasteiger partial charge in [0.05, 0.1) is 12.0 Å². The number of fused-ring (bicyclic) bond motifs is 1. The van der Waals surface area contributed by atoms with Gasteiger partial charge in [0.25, 0.3) is 0 Å². The number of rotatable bonds is 0. The number of para-hydroxylation sites is 1. The number of ketones is 1. The van der Waals surface area contributed by atoms with Crippen LogP contribution in [0.3, 0.4) is 0 Å². The summed E-state index contributed by atoms with van der Waals surface area (Å²) in [6.07, 6.45) is 1.88. The number of ether oxygens (including phenoxy) is 1. The largest absolute Gasteiger partial charge is 0.486 e. The van der Waals surface area contributed by atoms with E-state index < -0.39 is 5.60 Å². The summed E-state index contributed by atoms with van der Waals surface area (Å²) in [4.78, 5) is 25.4. The van der Waals surface area contributed by atoms with E-state index >= 15 is 0 Å². The van der Waals surface area contributed by atoms with Crippen LogP contribution in [0.15, 0.2) is 24.3 Å². The van der Waals surface area contributed by atoms with Gasteiger partial charge in [-0.1, -0.05) is 12.1 Å². The molecule has 1 aromatic carbocycles. The molecule has 0 atom stereocenters. The van der Waals surface area contributed by atoms with Gasteiger partial charge in [0.15, 0.2) is 5.78 Å². The second-order valence-electron chi connectivity index (χ2n) is 5.39. The maximum absolute atomic E-state index is 12.2. The second-order valence-corrected chi connectivity index (χ2v) is 5.39. The lowest BCUT2D eigenvalue weighted by molar-refractivity contribution is -0.132. The average molecular weight is 259 g/mol. The Morgan fingerprint density at radius 2 is 1.95 bits per heavy atom. The molecular weight excluding hydrogens is 242 g/mol. The molecule has 1 saturated heterocycles. The molecule has 3 rings (SSSR count). The molecule has 0 saturated carbocycles. The van der Waals surface area contributed by atoms with Crippen molar-refractivity contribution in [2.24, 2.45) is 0 Å². The number of piperidine rings is 1. The van der Waals surface area contributed by atoms with E-state index in [1.165, 1.54) is 0 Å². The molecular formula is C15H17NO3. The molecule has 1 aromatic rings. The number of carbonyl (C=O) groups is 2. The summed E-state index contributed by atoms with van der Waals surface area (Å²) in [5.41, 5.74) is 0.277. The minimum atomic E-state index is -0.405. The van der Waals surface area contributed by atoms with Crippen LogP contribution in [0.4, 0.5) is 0 Å². The first-order valence-corrected chi connectivity index (χ1v) is 6.66. The Bertz CT molecular complexity index is 530. The zero-order valence-electron chi connectivity index (χ0n) is 11.0. The van der Waals surface area contributed by atoms with Gasteiger partial charge in [-0.05, 0) is 12.1 Å². The molecule has 4 heteroatoms. The van der Waals surface area contributed by atoms with E-state index in [1.54, 1.807) is 6.92 Å². The summed E-state index contributed by atoms with van der Waals surface area (Å²) in [6, 6.07) is 7.41. The number of amides is 1. The highest BCUT2D eigenvalue weighted by molar-refractivity contribution is 6.00. The third kappa shape index (κ3) is 2.11. The van der Waals surface area contributed by atoms with Crippen molar-refractivity contribution in [3.63, 3.8) is 0 Å². The minimum absolute atomic E-state index is 0.0948. The van der Waals surface area contributed by atoms with Crippen LogP contribution in [0.1, 0.15) is 36.5 Å². The monoisotopic (exact) mass is 259 g/mol. The van der Waals surface area contributed by atoms with Crippen molar-refractivity contribution in [2.45, 2.75) is 31.8 Å². The number of hydrogen-bond donors (Lipinski definition) is 0. The first-order valence-electron chi connectivity index (χ1n) is 6.66. The number of benzene rings is 1. The first kappa shape index (κ1) is 12.2. The summed E-state index contributed by atoms with van der Waals surface area (Å²) in [7, 11) is 0. The Morgan fingerprint density at radius 1 is 1.26 bits per heavy atom. The van der Waals surface area contributed by atoms with Gasteiger partial charge in [0.2, 0.25) is 5.91 Å². The zero-order valence-corrected chi connectivity index (χ0v) is 11.0. The fourth-order valence-corrected chi connectivity index (χ4v) is 2.95. The predicted molar refractivity (Wildman–Crippen MR) is 70.2 cm³/mol. The molecule has 0 aliphatic carbocycles.